The molecule has 17 heavy (non-hydrogen) atoms. The van der Waals surface area contributed by atoms with Gasteiger partial charge < -0.3 is 0 Å². The second-order valence-electron chi connectivity index (χ2n) is 3.85. The maximum atomic E-state index is 12.1. The Morgan fingerprint density at radius 2 is 1.94 bits per heavy atom. The molecule has 0 bridgehead atoms. The molecule has 1 aromatic carbocycles. The number of hydrogen-bond donors (Lipinski definition) is 0. The van der Waals surface area contributed by atoms with Gasteiger partial charge in [-0.05, 0) is 25.1 Å². The molecule has 90 valence electrons. The third kappa shape index (κ3) is 2.28. The number of halogens is 1. The van der Waals surface area contributed by atoms with Crippen molar-refractivity contribution < 1.29 is 8.42 Å². The van der Waals surface area contributed by atoms with E-state index in [0.717, 1.165) is 5.39 Å². The minimum Gasteiger partial charge on any atom is -0.236 e. The van der Waals surface area contributed by atoms with Crippen molar-refractivity contribution in [2.24, 2.45) is 0 Å². The summed E-state index contributed by atoms with van der Waals surface area (Å²) in [7, 11) is -3.42. The Hall–Kier alpha value is -1.13. The molecule has 0 N–H and O–H groups in total. The average molecular weight is 270 g/mol. The van der Waals surface area contributed by atoms with Crippen LogP contribution in [0, 0.1) is 0 Å². The Bertz CT molecular complexity index is 640. The van der Waals surface area contributed by atoms with Crippen molar-refractivity contribution in [1.29, 1.82) is 0 Å². The van der Waals surface area contributed by atoms with Crippen LogP contribution in [0.25, 0.3) is 10.9 Å². The highest BCUT2D eigenvalue weighted by Gasteiger charge is 2.23. The normalized spacial score (nSPS) is 13.8. The molecule has 0 amide bonds. The molecule has 0 saturated heterocycles. The molecule has 2 rings (SSSR count). The molecule has 0 aliphatic carbocycles. The van der Waals surface area contributed by atoms with Gasteiger partial charge in [0, 0.05) is 11.3 Å². The van der Waals surface area contributed by atoms with Gasteiger partial charge in [-0.25, -0.2) is 13.4 Å². The highest BCUT2D eigenvalue weighted by Crippen LogP contribution is 2.19. The number of fused-ring (bicyclic) bond motifs is 1. The van der Waals surface area contributed by atoms with Crippen LogP contribution in [0.3, 0.4) is 0 Å². The molecule has 1 unspecified atom stereocenters. The number of nitrogens with zero attached hydrogens (tertiary/aromatic N) is 1. The van der Waals surface area contributed by atoms with Gasteiger partial charge in [-0.15, -0.1) is 11.6 Å². The largest absolute Gasteiger partial charge is 0.236 e. The van der Waals surface area contributed by atoms with E-state index >= 15 is 0 Å². The first-order chi connectivity index (χ1) is 8.05. The maximum Gasteiger partial charge on any atom is 0.199 e. The summed E-state index contributed by atoms with van der Waals surface area (Å²) >= 11 is 5.60. The van der Waals surface area contributed by atoms with E-state index in [1.807, 2.05) is 18.2 Å². The van der Waals surface area contributed by atoms with Crippen LogP contribution in [-0.4, -0.2) is 24.5 Å². The first kappa shape index (κ1) is 12.3. The Morgan fingerprint density at radius 3 is 2.65 bits per heavy atom. The van der Waals surface area contributed by atoms with Crippen molar-refractivity contribution in [2.75, 3.05) is 5.88 Å². The molecule has 0 aliphatic rings. The third-order valence-corrected chi connectivity index (χ3v) is 5.29. The summed E-state index contributed by atoms with van der Waals surface area (Å²) in [5.41, 5.74) is 0.676. The van der Waals surface area contributed by atoms with Crippen molar-refractivity contribution in [3.8, 4) is 0 Å². The van der Waals surface area contributed by atoms with E-state index < -0.39 is 15.1 Å². The number of aromatic nitrogens is 1. The van der Waals surface area contributed by atoms with Gasteiger partial charge in [-0.3, -0.25) is 0 Å². The van der Waals surface area contributed by atoms with Gasteiger partial charge in [0.15, 0.2) is 14.9 Å². The molecular formula is C12H12ClNO2S. The van der Waals surface area contributed by atoms with Crippen LogP contribution in [0.2, 0.25) is 0 Å². The molecule has 2 aromatic rings. The van der Waals surface area contributed by atoms with Crippen LogP contribution in [-0.2, 0) is 9.84 Å². The number of hydrogen-bond acceptors (Lipinski definition) is 3. The zero-order valence-corrected chi connectivity index (χ0v) is 10.9. The van der Waals surface area contributed by atoms with Crippen LogP contribution in [0.15, 0.2) is 41.4 Å². The molecule has 0 spiro atoms. The number of alkyl halides is 1. The maximum absolute atomic E-state index is 12.1. The van der Waals surface area contributed by atoms with Crippen LogP contribution in [0.1, 0.15) is 6.92 Å². The summed E-state index contributed by atoms with van der Waals surface area (Å²) < 4.78 is 24.1. The predicted octanol–water partition coefficient (Wildman–Crippen LogP) is 2.64. The summed E-state index contributed by atoms with van der Waals surface area (Å²) in [6, 6.07) is 10.7. The zero-order chi connectivity index (χ0) is 12.5. The Labute approximate surface area is 105 Å². The minimum absolute atomic E-state index is 0.0663. The molecule has 0 radical (unpaired) electrons. The lowest BCUT2D eigenvalue weighted by molar-refractivity contribution is 0.584. The molecule has 0 aliphatic heterocycles. The average Bonchev–Trinajstić information content (AvgIpc) is 2.37. The Morgan fingerprint density at radius 1 is 1.24 bits per heavy atom. The lowest BCUT2D eigenvalue weighted by atomic mass is 10.2. The van der Waals surface area contributed by atoms with Gasteiger partial charge in [0.2, 0.25) is 0 Å². The van der Waals surface area contributed by atoms with E-state index in [4.69, 9.17) is 11.6 Å². The number of para-hydroxylation sites is 1. The second-order valence-corrected chi connectivity index (χ2v) is 6.47. The van der Waals surface area contributed by atoms with Gasteiger partial charge >= 0.3 is 0 Å². The fourth-order valence-electron chi connectivity index (χ4n) is 1.49. The molecule has 0 saturated carbocycles. The summed E-state index contributed by atoms with van der Waals surface area (Å²) in [4.78, 5) is 4.17. The highest BCUT2D eigenvalue weighted by molar-refractivity contribution is 7.92. The van der Waals surface area contributed by atoms with Crippen LogP contribution in [0.4, 0.5) is 0 Å². The van der Waals surface area contributed by atoms with Crippen molar-refractivity contribution in [3.63, 3.8) is 0 Å². The Kier molecular flexibility index (Phi) is 3.35. The lowest BCUT2D eigenvalue weighted by Crippen LogP contribution is -2.20. The summed E-state index contributed by atoms with van der Waals surface area (Å²) in [6.07, 6.45) is 0. The molecule has 5 heteroatoms. The fraction of sp³-hybridized carbons (Fsp3) is 0.250. The smallest absolute Gasteiger partial charge is 0.199 e. The topological polar surface area (TPSA) is 47.0 Å². The Balaban J connectivity index is 2.57. The summed E-state index contributed by atoms with van der Waals surface area (Å²) in [5, 5.41) is 0.382. The SMILES string of the molecule is CC(CCl)S(=O)(=O)c1ccc2ccccc2n1. The number of pyridine rings is 1. The molecule has 1 aromatic heterocycles. The first-order valence-corrected chi connectivity index (χ1v) is 7.29. The van der Waals surface area contributed by atoms with Gasteiger partial charge in [0.1, 0.15) is 0 Å². The molecule has 1 heterocycles. The monoisotopic (exact) mass is 269 g/mol. The van der Waals surface area contributed by atoms with Gasteiger partial charge in [-0.2, -0.15) is 0 Å². The highest BCUT2D eigenvalue weighted by atomic mass is 35.5. The molecule has 1 atom stereocenters. The van der Waals surface area contributed by atoms with Gasteiger partial charge in [0.25, 0.3) is 0 Å². The van der Waals surface area contributed by atoms with Crippen molar-refractivity contribution in [3.05, 3.63) is 36.4 Å². The second kappa shape index (κ2) is 4.63. The zero-order valence-electron chi connectivity index (χ0n) is 9.30. The predicted molar refractivity (Wildman–Crippen MR) is 69.1 cm³/mol. The van der Waals surface area contributed by atoms with Gasteiger partial charge in [-0.1, -0.05) is 18.2 Å². The van der Waals surface area contributed by atoms with E-state index in [-0.39, 0.29) is 10.9 Å². The van der Waals surface area contributed by atoms with Crippen molar-refractivity contribution in [1.82, 2.24) is 4.98 Å². The van der Waals surface area contributed by atoms with Crippen molar-refractivity contribution >= 4 is 32.3 Å². The molecular weight excluding hydrogens is 258 g/mol. The molecule has 3 nitrogen and oxygen atoms in total. The van der Waals surface area contributed by atoms with Gasteiger partial charge in [0.05, 0.1) is 10.8 Å². The number of sulfone groups is 1. The summed E-state index contributed by atoms with van der Waals surface area (Å²) in [6.45, 7) is 1.58. The van der Waals surface area contributed by atoms with E-state index in [1.165, 1.54) is 6.07 Å². The molecule has 0 fully saturated rings. The van der Waals surface area contributed by atoms with E-state index in [1.54, 1.807) is 19.1 Å². The third-order valence-electron chi connectivity index (χ3n) is 2.61. The van der Waals surface area contributed by atoms with Crippen LogP contribution >= 0.6 is 11.6 Å². The summed E-state index contributed by atoms with van der Waals surface area (Å²) in [5.74, 6) is 0.0663. The number of benzene rings is 1. The van der Waals surface area contributed by atoms with Crippen LogP contribution < -0.4 is 0 Å². The quantitative estimate of drug-likeness (QED) is 0.805. The van der Waals surface area contributed by atoms with E-state index in [9.17, 15) is 8.42 Å². The number of rotatable bonds is 3. The standard InChI is InChI=1S/C12H12ClNO2S/c1-9(8-13)17(15,16)12-7-6-10-4-2-3-5-11(10)14-12/h2-7,9H,8H2,1H3. The first-order valence-electron chi connectivity index (χ1n) is 5.21. The van der Waals surface area contributed by atoms with E-state index in [0.29, 0.717) is 5.52 Å². The minimum atomic E-state index is -3.42. The van der Waals surface area contributed by atoms with Crippen LogP contribution in [0.5, 0.6) is 0 Å². The fourth-order valence-corrected chi connectivity index (χ4v) is 3.05. The lowest BCUT2D eigenvalue weighted by Gasteiger charge is -2.09. The van der Waals surface area contributed by atoms with Crippen molar-refractivity contribution in [2.45, 2.75) is 17.2 Å². The van der Waals surface area contributed by atoms with E-state index in [2.05, 4.69) is 4.98 Å².